The third kappa shape index (κ3) is 3.80. The highest BCUT2D eigenvalue weighted by Crippen LogP contribution is 2.07. The number of carboxylic acids is 1. The number of hydrogen-bond donors (Lipinski definition) is 1. The molecule has 5 nitrogen and oxygen atoms in total. The average molecular weight is 188 g/mol. The predicted octanol–water partition coefficient (Wildman–Crippen LogP) is -0.121. The molecule has 0 heterocycles. The molecule has 0 spiro atoms. The van der Waals surface area contributed by atoms with Gasteiger partial charge in [-0.15, -0.1) is 0 Å². The summed E-state index contributed by atoms with van der Waals surface area (Å²) in [6, 6.07) is 0. The zero-order valence-corrected chi connectivity index (χ0v) is 7.47. The highest BCUT2D eigenvalue weighted by atomic mass is 16.5. The molecule has 0 aliphatic rings. The Morgan fingerprint density at radius 1 is 1.31 bits per heavy atom. The normalized spacial score (nSPS) is 17.1. The first-order chi connectivity index (χ1) is 6.02. The van der Waals surface area contributed by atoms with Gasteiger partial charge in [0.25, 0.3) is 0 Å². The summed E-state index contributed by atoms with van der Waals surface area (Å²) >= 11 is 0. The van der Waals surface area contributed by atoms with Gasteiger partial charge in [-0.1, -0.05) is 6.92 Å². The quantitative estimate of drug-likeness (QED) is 0.587. The predicted molar refractivity (Wildman–Crippen MR) is 43.3 cm³/mol. The zero-order chi connectivity index (χ0) is 10.4. The van der Waals surface area contributed by atoms with Gasteiger partial charge < -0.3 is 19.4 Å². The molecule has 3 atom stereocenters. The number of ether oxygens (including phenoxy) is 1. The molecule has 0 aromatic rings. The van der Waals surface area contributed by atoms with Crippen LogP contribution in [0.2, 0.25) is 0 Å². The van der Waals surface area contributed by atoms with E-state index in [-0.39, 0.29) is 0 Å². The Kier molecular flexibility index (Phi) is 4.91. The second-order valence-electron chi connectivity index (χ2n) is 2.73. The van der Waals surface area contributed by atoms with E-state index in [1.54, 1.807) is 0 Å². The molecule has 0 amide bonds. The van der Waals surface area contributed by atoms with Crippen LogP contribution >= 0.6 is 0 Å². The number of hydrogen-bond acceptors (Lipinski definition) is 4. The molecular weight excluding hydrogens is 176 g/mol. The van der Waals surface area contributed by atoms with E-state index in [9.17, 15) is 14.4 Å². The maximum Gasteiger partial charge on any atom is 0.333 e. The minimum atomic E-state index is -1.25. The Balaban J connectivity index is 4.33. The summed E-state index contributed by atoms with van der Waals surface area (Å²) in [7, 11) is 0. The zero-order valence-electron chi connectivity index (χ0n) is 7.47. The van der Waals surface area contributed by atoms with E-state index < -0.39 is 24.1 Å². The van der Waals surface area contributed by atoms with E-state index in [0.717, 1.165) is 0 Å². The first kappa shape index (κ1) is 11.8. The molecule has 0 saturated heterocycles. The van der Waals surface area contributed by atoms with Gasteiger partial charge in [-0.3, -0.25) is 0 Å². The lowest BCUT2D eigenvalue weighted by Gasteiger charge is -2.17. The smallest absolute Gasteiger partial charge is 0.333 e. The van der Waals surface area contributed by atoms with Crippen molar-refractivity contribution in [3.05, 3.63) is 0 Å². The first-order valence-corrected chi connectivity index (χ1v) is 3.81. The van der Waals surface area contributed by atoms with Crippen LogP contribution in [0.5, 0.6) is 0 Å². The first-order valence-electron chi connectivity index (χ1n) is 3.81. The van der Waals surface area contributed by atoms with Crippen LogP contribution in [0.15, 0.2) is 0 Å². The number of carbonyl (C=O) groups excluding carboxylic acids is 2. The fourth-order valence-corrected chi connectivity index (χ4v) is 0.742. The van der Waals surface area contributed by atoms with Crippen molar-refractivity contribution in [2.75, 3.05) is 0 Å². The van der Waals surface area contributed by atoms with Crippen LogP contribution in [0.4, 0.5) is 0 Å². The van der Waals surface area contributed by atoms with Gasteiger partial charge in [-0.05, 0) is 6.92 Å². The number of rotatable bonds is 6. The fourth-order valence-electron chi connectivity index (χ4n) is 0.742. The topological polar surface area (TPSA) is 80.7 Å². The van der Waals surface area contributed by atoms with Gasteiger partial charge in [0.15, 0.2) is 6.10 Å². The van der Waals surface area contributed by atoms with Crippen molar-refractivity contribution in [3.8, 4) is 0 Å². The third-order valence-corrected chi connectivity index (χ3v) is 1.49. The molecule has 3 unspecified atom stereocenters. The summed E-state index contributed by atoms with van der Waals surface area (Å²) < 4.78 is 4.81. The van der Waals surface area contributed by atoms with Crippen molar-refractivity contribution < 1.29 is 24.2 Å². The maximum absolute atomic E-state index is 10.6. The summed E-state index contributed by atoms with van der Waals surface area (Å²) in [6.45, 7) is 2.84. The van der Waals surface area contributed by atoms with Crippen molar-refractivity contribution in [1.29, 1.82) is 0 Å². The van der Waals surface area contributed by atoms with Crippen molar-refractivity contribution in [2.45, 2.75) is 26.1 Å². The van der Waals surface area contributed by atoms with Crippen LogP contribution in [0.1, 0.15) is 13.8 Å². The molecule has 0 bridgehead atoms. The molecule has 0 aliphatic carbocycles. The standard InChI is InChI=1S/C8H12O5/c1-5(3-9)7(8(11)12)13-6(2)4-10/h3-7H,1-2H3,(H,11,12). The minimum absolute atomic E-state index is 0.480. The molecule has 0 aliphatic heterocycles. The Morgan fingerprint density at radius 2 is 1.85 bits per heavy atom. The highest BCUT2D eigenvalue weighted by molar-refractivity contribution is 5.77. The molecule has 1 N–H and O–H groups in total. The lowest BCUT2D eigenvalue weighted by Crippen LogP contribution is -2.35. The SMILES string of the molecule is CC(C=O)OC(C(=O)O)C(C)C=O. The summed E-state index contributed by atoms with van der Waals surface area (Å²) in [5, 5.41) is 8.62. The molecule has 0 aromatic heterocycles. The van der Waals surface area contributed by atoms with Crippen LogP contribution in [-0.4, -0.2) is 35.9 Å². The molecule has 0 rings (SSSR count). The number of carbonyl (C=O) groups is 3. The summed E-state index contributed by atoms with van der Waals surface area (Å²) in [5.74, 6) is -2.01. The van der Waals surface area contributed by atoms with E-state index in [1.807, 2.05) is 0 Å². The molecular formula is C8H12O5. The Morgan fingerprint density at radius 3 is 2.15 bits per heavy atom. The van der Waals surface area contributed by atoms with Crippen molar-refractivity contribution in [1.82, 2.24) is 0 Å². The van der Waals surface area contributed by atoms with Gasteiger partial charge in [-0.25, -0.2) is 4.79 Å². The lowest BCUT2D eigenvalue weighted by molar-refractivity contribution is -0.159. The maximum atomic E-state index is 10.6. The molecule has 74 valence electrons. The van der Waals surface area contributed by atoms with E-state index in [4.69, 9.17) is 9.84 Å². The van der Waals surface area contributed by atoms with Crippen molar-refractivity contribution in [3.63, 3.8) is 0 Å². The average Bonchev–Trinajstić information content (AvgIpc) is 2.11. The van der Waals surface area contributed by atoms with Crippen LogP contribution in [0.25, 0.3) is 0 Å². The summed E-state index contributed by atoms with van der Waals surface area (Å²) in [5.41, 5.74) is 0. The Hall–Kier alpha value is -1.23. The second-order valence-corrected chi connectivity index (χ2v) is 2.73. The summed E-state index contributed by atoms with van der Waals surface area (Å²) in [4.78, 5) is 31.0. The minimum Gasteiger partial charge on any atom is -0.479 e. The van der Waals surface area contributed by atoms with E-state index in [0.29, 0.717) is 12.6 Å². The van der Waals surface area contributed by atoms with Gasteiger partial charge in [0.1, 0.15) is 18.7 Å². The van der Waals surface area contributed by atoms with Crippen LogP contribution in [0, 0.1) is 5.92 Å². The largest absolute Gasteiger partial charge is 0.479 e. The number of carboxylic acid groups (broad SMARTS) is 1. The van der Waals surface area contributed by atoms with Gasteiger partial charge >= 0.3 is 5.97 Å². The number of aldehydes is 2. The highest BCUT2D eigenvalue weighted by Gasteiger charge is 2.26. The molecule has 0 saturated carbocycles. The van der Waals surface area contributed by atoms with Gasteiger partial charge in [0.2, 0.25) is 0 Å². The Labute approximate surface area is 75.7 Å². The molecule has 5 heteroatoms. The molecule has 0 fully saturated rings. The molecule has 0 aromatic carbocycles. The van der Waals surface area contributed by atoms with E-state index in [2.05, 4.69) is 0 Å². The molecule has 0 radical (unpaired) electrons. The van der Waals surface area contributed by atoms with E-state index in [1.165, 1.54) is 13.8 Å². The summed E-state index contributed by atoms with van der Waals surface area (Å²) in [6.07, 6.45) is -1.11. The fraction of sp³-hybridized carbons (Fsp3) is 0.625. The van der Waals surface area contributed by atoms with Gasteiger partial charge in [-0.2, -0.15) is 0 Å². The van der Waals surface area contributed by atoms with Gasteiger partial charge in [0, 0.05) is 5.92 Å². The molecule has 13 heavy (non-hydrogen) atoms. The second kappa shape index (κ2) is 5.42. The van der Waals surface area contributed by atoms with Gasteiger partial charge in [0.05, 0.1) is 0 Å². The number of aliphatic carboxylic acids is 1. The monoisotopic (exact) mass is 188 g/mol. The van der Waals surface area contributed by atoms with Crippen LogP contribution in [-0.2, 0) is 19.1 Å². The van der Waals surface area contributed by atoms with E-state index >= 15 is 0 Å². The third-order valence-electron chi connectivity index (χ3n) is 1.49. The van der Waals surface area contributed by atoms with Crippen molar-refractivity contribution in [2.24, 2.45) is 5.92 Å². The lowest BCUT2D eigenvalue weighted by atomic mass is 10.1. The Bertz CT molecular complexity index is 201. The van der Waals surface area contributed by atoms with Crippen molar-refractivity contribution >= 4 is 18.5 Å². The van der Waals surface area contributed by atoms with Crippen LogP contribution in [0.3, 0.4) is 0 Å². The van der Waals surface area contributed by atoms with Crippen LogP contribution < -0.4 is 0 Å².